The molecule has 3 aromatic rings. The van der Waals surface area contributed by atoms with Gasteiger partial charge in [0.05, 0.1) is 12.8 Å². The molecule has 6 nitrogen and oxygen atoms in total. The Morgan fingerprint density at radius 1 is 1.03 bits per heavy atom. The van der Waals surface area contributed by atoms with E-state index in [0.717, 1.165) is 0 Å². The highest BCUT2D eigenvalue weighted by Gasteiger charge is 2.40. The number of rotatable bonds is 5. The first kappa shape index (κ1) is 21.9. The average Bonchev–Trinajstić information content (AvgIpc) is 2.79. The van der Waals surface area contributed by atoms with Crippen LogP contribution < -0.4 is 14.4 Å². The molecule has 0 aromatic heterocycles. The SMILES string of the molecule is CCN1c2ccc(Cl)cc2C(c2ccccc2)=C(C(=O)Nc2ccc(OC)cc2)S1(=O)=O. The number of carbonyl (C=O) groups is 1. The number of methoxy groups -OCH3 is 1. The molecule has 8 heteroatoms. The molecule has 1 N–H and O–H groups in total. The van der Waals surface area contributed by atoms with Crippen molar-refractivity contribution in [2.45, 2.75) is 6.92 Å². The molecular weight excluding hydrogens is 448 g/mol. The zero-order valence-corrected chi connectivity index (χ0v) is 19.1. The highest BCUT2D eigenvalue weighted by molar-refractivity contribution is 7.97. The lowest BCUT2D eigenvalue weighted by Gasteiger charge is -2.33. The van der Waals surface area contributed by atoms with Crippen LogP contribution in [-0.4, -0.2) is 28.0 Å². The minimum Gasteiger partial charge on any atom is -0.497 e. The Morgan fingerprint density at radius 3 is 2.34 bits per heavy atom. The molecule has 0 aliphatic carbocycles. The van der Waals surface area contributed by atoms with E-state index in [2.05, 4.69) is 5.32 Å². The maximum atomic E-state index is 13.7. The highest BCUT2D eigenvalue weighted by Crippen LogP contribution is 2.44. The van der Waals surface area contributed by atoms with Crippen molar-refractivity contribution in [1.82, 2.24) is 0 Å². The smallest absolute Gasteiger partial charge is 0.270 e. The first-order chi connectivity index (χ1) is 15.4. The number of fused-ring (bicyclic) bond motifs is 1. The third-order valence-electron chi connectivity index (χ3n) is 5.18. The van der Waals surface area contributed by atoms with Gasteiger partial charge in [-0.15, -0.1) is 0 Å². The van der Waals surface area contributed by atoms with Crippen molar-refractivity contribution >= 4 is 44.5 Å². The van der Waals surface area contributed by atoms with Crippen LogP contribution in [-0.2, 0) is 14.8 Å². The lowest BCUT2D eigenvalue weighted by atomic mass is 9.95. The number of sulfonamides is 1. The number of carbonyl (C=O) groups excluding carboxylic acids is 1. The van der Waals surface area contributed by atoms with E-state index in [1.165, 1.54) is 4.31 Å². The van der Waals surface area contributed by atoms with E-state index in [1.54, 1.807) is 80.8 Å². The van der Waals surface area contributed by atoms with Gasteiger partial charge in [-0.2, -0.15) is 0 Å². The van der Waals surface area contributed by atoms with Gasteiger partial charge in [0.25, 0.3) is 15.9 Å². The molecule has 32 heavy (non-hydrogen) atoms. The van der Waals surface area contributed by atoms with Crippen LogP contribution in [0, 0.1) is 0 Å². The first-order valence-electron chi connectivity index (χ1n) is 9.94. The van der Waals surface area contributed by atoms with E-state index in [9.17, 15) is 13.2 Å². The number of ether oxygens (including phenoxy) is 1. The predicted octanol–water partition coefficient (Wildman–Crippen LogP) is 4.92. The minimum absolute atomic E-state index is 0.165. The molecule has 1 aliphatic rings. The third-order valence-corrected chi connectivity index (χ3v) is 7.35. The number of hydrogen-bond donors (Lipinski definition) is 1. The minimum atomic E-state index is -4.14. The Hall–Kier alpha value is -3.29. The quantitative estimate of drug-likeness (QED) is 0.576. The molecule has 1 heterocycles. The van der Waals surface area contributed by atoms with E-state index in [0.29, 0.717) is 38.8 Å². The maximum absolute atomic E-state index is 13.7. The van der Waals surface area contributed by atoms with Gasteiger partial charge in [0.15, 0.2) is 4.91 Å². The fourth-order valence-electron chi connectivity index (χ4n) is 3.74. The molecule has 3 aromatic carbocycles. The number of nitrogens with zero attached hydrogens (tertiary/aromatic N) is 1. The lowest BCUT2D eigenvalue weighted by Crippen LogP contribution is -2.39. The standard InChI is InChI=1S/C24H21ClN2O4S/c1-3-27-21-14-9-17(25)15-20(21)22(16-7-5-4-6-8-16)23(32(27,29)30)24(28)26-18-10-12-19(31-2)13-11-18/h4-15H,3H2,1-2H3,(H,26,28). The topological polar surface area (TPSA) is 75.7 Å². The van der Waals surface area contributed by atoms with E-state index >= 15 is 0 Å². The normalized spacial score (nSPS) is 14.7. The van der Waals surface area contributed by atoms with Crippen molar-refractivity contribution in [1.29, 1.82) is 0 Å². The summed E-state index contributed by atoms with van der Waals surface area (Å²) in [5.41, 5.74) is 2.44. The van der Waals surface area contributed by atoms with Crippen LogP contribution in [0.15, 0.2) is 77.7 Å². The molecule has 1 aliphatic heterocycles. The summed E-state index contributed by atoms with van der Waals surface area (Å²) in [7, 11) is -2.59. The van der Waals surface area contributed by atoms with Crippen molar-refractivity contribution in [3.05, 3.63) is 93.9 Å². The molecule has 0 saturated heterocycles. The van der Waals surface area contributed by atoms with Crippen LogP contribution in [0.4, 0.5) is 11.4 Å². The Bertz CT molecular complexity index is 1300. The Kier molecular flexibility index (Phi) is 5.95. The van der Waals surface area contributed by atoms with Crippen LogP contribution in [0.3, 0.4) is 0 Å². The summed E-state index contributed by atoms with van der Waals surface area (Å²) in [6.07, 6.45) is 0. The summed E-state index contributed by atoms with van der Waals surface area (Å²) < 4.78 is 33.7. The summed E-state index contributed by atoms with van der Waals surface area (Å²) in [4.78, 5) is 13.1. The molecule has 164 valence electrons. The highest BCUT2D eigenvalue weighted by atomic mass is 35.5. The van der Waals surface area contributed by atoms with E-state index in [1.807, 2.05) is 6.07 Å². The van der Waals surface area contributed by atoms with Crippen LogP contribution in [0.25, 0.3) is 5.57 Å². The number of nitrogens with one attached hydrogen (secondary N) is 1. The Balaban J connectivity index is 1.95. The van der Waals surface area contributed by atoms with Crippen LogP contribution >= 0.6 is 11.6 Å². The van der Waals surface area contributed by atoms with Crippen LogP contribution in [0.2, 0.25) is 5.02 Å². The summed E-state index contributed by atoms with van der Waals surface area (Å²) in [6, 6.07) is 20.6. The number of benzene rings is 3. The second-order valence-corrected chi connectivity index (χ2v) is 9.32. The fourth-order valence-corrected chi connectivity index (χ4v) is 5.66. The summed E-state index contributed by atoms with van der Waals surface area (Å²) in [5, 5.41) is 3.16. The summed E-state index contributed by atoms with van der Waals surface area (Å²) in [6.45, 7) is 1.89. The Morgan fingerprint density at radius 2 is 1.72 bits per heavy atom. The number of anilines is 2. The average molecular weight is 469 g/mol. The molecule has 0 radical (unpaired) electrons. The molecule has 0 unspecified atom stereocenters. The fraction of sp³-hybridized carbons (Fsp3) is 0.125. The lowest BCUT2D eigenvalue weighted by molar-refractivity contribution is -0.112. The van der Waals surface area contributed by atoms with Crippen molar-refractivity contribution in [3.8, 4) is 5.75 Å². The van der Waals surface area contributed by atoms with Gasteiger partial charge in [0.2, 0.25) is 0 Å². The van der Waals surface area contributed by atoms with Gasteiger partial charge < -0.3 is 10.1 Å². The van der Waals surface area contributed by atoms with Gasteiger partial charge in [0.1, 0.15) is 5.75 Å². The molecular formula is C24H21ClN2O4S. The van der Waals surface area contributed by atoms with Crippen LogP contribution in [0.5, 0.6) is 5.75 Å². The van der Waals surface area contributed by atoms with E-state index in [4.69, 9.17) is 16.3 Å². The number of amides is 1. The molecule has 1 amide bonds. The van der Waals surface area contributed by atoms with E-state index < -0.39 is 15.9 Å². The van der Waals surface area contributed by atoms with Gasteiger partial charge in [-0.1, -0.05) is 41.9 Å². The molecule has 4 rings (SSSR count). The van der Waals surface area contributed by atoms with Crippen molar-refractivity contribution in [2.75, 3.05) is 23.3 Å². The van der Waals surface area contributed by atoms with Crippen molar-refractivity contribution < 1.29 is 17.9 Å². The molecule has 0 atom stereocenters. The zero-order chi connectivity index (χ0) is 22.9. The third kappa shape index (κ3) is 3.85. The van der Waals surface area contributed by atoms with Gasteiger partial charge in [-0.25, -0.2) is 8.42 Å². The van der Waals surface area contributed by atoms with Gasteiger partial charge in [-0.3, -0.25) is 9.10 Å². The zero-order valence-electron chi connectivity index (χ0n) is 17.5. The van der Waals surface area contributed by atoms with Crippen molar-refractivity contribution in [3.63, 3.8) is 0 Å². The number of hydrogen-bond acceptors (Lipinski definition) is 4. The van der Waals surface area contributed by atoms with Gasteiger partial charge in [0, 0.05) is 28.4 Å². The first-order valence-corrected chi connectivity index (χ1v) is 11.8. The predicted molar refractivity (Wildman–Crippen MR) is 127 cm³/mol. The second kappa shape index (κ2) is 8.68. The molecule has 0 spiro atoms. The molecule has 0 saturated carbocycles. The Labute approximate surface area is 192 Å². The van der Waals surface area contributed by atoms with E-state index in [-0.39, 0.29) is 11.4 Å². The monoisotopic (exact) mass is 468 g/mol. The van der Waals surface area contributed by atoms with Crippen LogP contribution in [0.1, 0.15) is 18.1 Å². The maximum Gasteiger partial charge on any atom is 0.270 e. The summed E-state index contributed by atoms with van der Waals surface area (Å²) in [5.74, 6) is -0.101. The second-order valence-electron chi connectivity index (χ2n) is 7.08. The van der Waals surface area contributed by atoms with Gasteiger partial charge >= 0.3 is 0 Å². The number of halogens is 1. The summed E-state index contributed by atoms with van der Waals surface area (Å²) >= 11 is 6.27. The van der Waals surface area contributed by atoms with Gasteiger partial charge in [-0.05, 0) is 55.0 Å². The largest absolute Gasteiger partial charge is 0.497 e. The molecule has 0 fully saturated rings. The van der Waals surface area contributed by atoms with Crippen molar-refractivity contribution in [2.24, 2.45) is 0 Å². The molecule has 0 bridgehead atoms.